The first kappa shape index (κ1) is 7.65. The van der Waals surface area contributed by atoms with Crippen molar-refractivity contribution in [1.82, 2.24) is 0 Å². The van der Waals surface area contributed by atoms with Crippen molar-refractivity contribution < 1.29 is 19.5 Å². The molecule has 0 bridgehead atoms. The van der Waals surface area contributed by atoms with Gasteiger partial charge >= 0.3 is 5.97 Å². The highest BCUT2D eigenvalue weighted by molar-refractivity contribution is 6.09. The molecule has 0 aromatic heterocycles. The van der Waals surface area contributed by atoms with Crippen molar-refractivity contribution in [2.24, 2.45) is 5.92 Å². The Hall–Kier alpha value is -1.45. The van der Waals surface area contributed by atoms with Crippen LogP contribution < -0.4 is 0 Å². The van der Waals surface area contributed by atoms with Crippen LogP contribution in [0.5, 0.6) is 0 Å². The first-order valence-corrected chi connectivity index (χ1v) is 3.08. The third-order valence-electron chi connectivity index (χ3n) is 1.56. The predicted molar refractivity (Wildman–Crippen MR) is 34.9 cm³/mol. The average Bonchev–Trinajstić information content (AvgIpc) is 2.31. The van der Waals surface area contributed by atoms with Gasteiger partial charge in [-0.3, -0.25) is 4.79 Å². The number of aliphatic carboxylic acids is 1. The SMILES string of the molecule is O=CC1CC(C(=O)O)=CC1=O. The normalized spacial score (nSPS) is 23.1. The number of ketones is 1. The van der Waals surface area contributed by atoms with E-state index in [1.54, 1.807) is 0 Å². The van der Waals surface area contributed by atoms with E-state index in [4.69, 9.17) is 5.11 Å². The van der Waals surface area contributed by atoms with Crippen LogP contribution >= 0.6 is 0 Å². The van der Waals surface area contributed by atoms with Crippen LogP contribution in [0.2, 0.25) is 0 Å². The molecule has 4 nitrogen and oxygen atoms in total. The number of carbonyl (C=O) groups is 3. The van der Waals surface area contributed by atoms with Crippen molar-refractivity contribution >= 4 is 18.0 Å². The fraction of sp³-hybridized carbons (Fsp3) is 0.286. The Morgan fingerprint density at radius 2 is 2.36 bits per heavy atom. The molecule has 0 amide bonds. The van der Waals surface area contributed by atoms with Crippen LogP contribution in [0.15, 0.2) is 11.6 Å². The summed E-state index contributed by atoms with van der Waals surface area (Å²) in [4.78, 5) is 31.2. The molecule has 0 fully saturated rings. The maximum atomic E-state index is 10.7. The maximum Gasteiger partial charge on any atom is 0.331 e. The van der Waals surface area contributed by atoms with E-state index in [0.29, 0.717) is 6.29 Å². The second-order valence-corrected chi connectivity index (χ2v) is 2.32. The molecule has 0 spiro atoms. The predicted octanol–water partition coefficient (Wildman–Crippen LogP) is -0.215. The minimum absolute atomic E-state index is 0.0205. The molecule has 1 aliphatic carbocycles. The summed E-state index contributed by atoms with van der Waals surface area (Å²) in [6.45, 7) is 0. The topological polar surface area (TPSA) is 71.4 Å². The largest absolute Gasteiger partial charge is 0.478 e. The lowest BCUT2D eigenvalue weighted by atomic mass is 10.1. The number of rotatable bonds is 2. The molecule has 0 aliphatic heterocycles. The van der Waals surface area contributed by atoms with Gasteiger partial charge in [0.05, 0.1) is 5.92 Å². The van der Waals surface area contributed by atoms with E-state index in [1.807, 2.05) is 0 Å². The summed E-state index contributed by atoms with van der Waals surface area (Å²) < 4.78 is 0. The summed E-state index contributed by atoms with van der Waals surface area (Å²) in [7, 11) is 0. The molecule has 1 atom stereocenters. The van der Waals surface area contributed by atoms with E-state index < -0.39 is 17.7 Å². The third-order valence-corrected chi connectivity index (χ3v) is 1.56. The van der Waals surface area contributed by atoms with Gasteiger partial charge < -0.3 is 9.90 Å². The summed E-state index contributed by atoms with van der Waals surface area (Å²) in [6, 6.07) is 0. The van der Waals surface area contributed by atoms with Crippen molar-refractivity contribution in [3.63, 3.8) is 0 Å². The third kappa shape index (κ3) is 1.34. The number of allylic oxidation sites excluding steroid dienone is 1. The lowest BCUT2D eigenvalue weighted by molar-refractivity contribution is -0.132. The zero-order valence-electron chi connectivity index (χ0n) is 5.61. The summed E-state index contributed by atoms with van der Waals surface area (Å²) in [5, 5.41) is 8.41. The van der Waals surface area contributed by atoms with E-state index in [0.717, 1.165) is 6.08 Å². The molecule has 0 aromatic carbocycles. The van der Waals surface area contributed by atoms with Crippen LogP contribution in [-0.2, 0) is 14.4 Å². The van der Waals surface area contributed by atoms with E-state index in [9.17, 15) is 14.4 Å². The fourth-order valence-corrected chi connectivity index (χ4v) is 0.939. The lowest BCUT2D eigenvalue weighted by Gasteiger charge is -1.94. The minimum atomic E-state index is -1.12. The second kappa shape index (κ2) is 2.65. The van der Waals surface area contributed by atoms with Gasteiger partial charge in [0.25, 0.3) is 0 Å². The van der Waals surface area contributed by atoms with Gasteiger partial charge in [0, 0.05) is 5.57 Å². The molecule has 1 N–H and O–H groups in total. The molecule has 1 aliphatic rings. The first-order chi connectivity index (χ1) is 5.15. The zero-order chi connectivity index (χ0) is 8.43. The number of hydrogen-bond acceptors (Lipinski definition) is 3. The molecule has 11 heavy (non-hydrogen) atoms. The molecule has 0 radical (unpaired) electrons. The molecule has 4 heteroatoms. The Balaban J connectivity index is 2.78. The van der Waals surface area contributed by atoms with Gasteiger partial charge in [0.15, 0.2) is 5.78 Å². The van der Waals surface area contributed by atoms with Gasteiger partial charge in [-0.15, -0.1) is 0 Å². The molecule has 0 aromatic rings. The van der Waals surface area contributed by atoms with Gasteiger partial charge in [-0.05, 0) is 12.5 Å². The van der Waals surface area contributed by atoms with E-state index in [-0.39, 0.29) is 12.0 Å². The fourth-order valence-electron chi connectivity index (χ4n) is 0.939. The zero-order valence-corrected chi connectivity index (χ0v) is 5.61. The van der Waals surface area contributed by atoms with Crippen LogP contribution in [0, 0.1) is 5.92 Å². The summed E-state index contributed by atoms with van der Waals surface area (Å²) in [5.41, 5.74) is 0.0205. The van der Waals surface area contributed by atoms with Crippen LogP contribution in [0.3, 0.4) is 0 Å². The number of carbonyl (C=O) groups excluding carboxylic acids is 2. The highest BCUT2D eigenvalue weighted by Crippen LogP contribution is 2.19. The van der Waals surface area contributed by atoms with Gasteiger partial charge in [-0.25, -0.2) is 4.79 Å². The van der Waals surface area contributed by atoms with Crippen molar-refractivity contribution in [3.8, 4) is 0 Å². The molecule has 0 heterocycles. The van der Waals surface area contributed by atoms with Crippen molar-refractivity contribution in [3.05, 3.63) is 11.6 Å². The summed E-state index contributed by atoms with van der Waals surface area (Å²) >= 11 is 0. The van der Waals surface area contributed by atoms with Gasteiger partial charge in [-0.2, -0.15) is 0 Å². The van der Waals surface area contributed by atoms with Gasteiger partial charge in [0.2, 0.25) is 0 Å². The summed E-state index contributed by atoms with van der Waals surface area (Å²) in [6.07, 6.45) is 1.54. The van der Waals surface area contributed by atoms with Crippen molar-refractivity contribution in [2.75, 3.05) is 0 Å². The quantitative estimate of drug-likeness (QED) is 0.441. The van der Waals surface area contributed by atoms with Crippen LogP contribution in [0.25, 0.3) is 0 Å². The Kier molecular flexibility index (Phi) is 1.85. The maximum absolute atomic E-state index is 10.7. The minimum Gasteiger partial charge on any atom is -0.478 e. The van der Waals surface area contributed by atoms with Crippen molar-refractivity contribution in [1.29, 1.82) is 0 Å². The number of carboxylic acids is 1. The van der Waals surface area contributed by atoms with Crippen molar-refractivity contribution in [2.45, 2.75) is 6.42 Å². The van der Waals surface area contributed by atoms with E-state index in [1.165, 1.54) is 0 Å². The highest BCUT2D eigenvalue weighted by atomic mass is 16.4. The van der Waals surface area contributed by atoms with Crippen LogP contribution in [-0.4, -0.2) is 23.1 Å². The molecule has 58 valence electrons. The Morgan fingerprint density at radius 1 is 1.73 bits per heavy atom. The Labute approximate surface area is 62.5 Å². The van der Waals surface area contributed by atoms with Gasteiger partial charge in [0.1, 0.15) is 6.29 Å². The second-order valence-electron chi connectivity index (χ2n) is 2.32. The molecular formula is C7H6O4. The molecule has 0 saturated heterocycles. The van der Waals surface area contributed by atoms with Crippen LogP contribution in [0.4, 0.5) is 0 Å². The van der Waals surface area contributed by atoms with E-state index >= 15 is 0 Å². The lowest BCUT2D eigenvalue weighted by Crippen LogP contribution is -2.08. The standard InChI is InChI=1S/C7H6O4/c8-3-5-1-4(7(10)11)2-6(5)9/h2-3,5H,1H2,(H,10,11). The highest BCUT2D eigenvalue weighted by Gasteiger charge is 2.27. The number of aldehydes is 1. The molecule has 1 rings (SSSR count). The van der Waals surface area contributed by atoms with Gasteiger partial charge in [-0.1, -0.05) is 0 Å². The van der Waals surface area contributed by atoms with Crippen LogP contribution in [0.1, 0.15) is 6.42 Å². The molecule has 0 saturated carbocycles. The smallest absolute Gasteiger partial charge is 0.331 e. The first-order valence-electron chi connectivity index (χ1n) is 3.08. The molecule has 1 unspecified atom stereocenters. The Morgan fingerprint density at radius 3 is 2.64 bits per heavy atom. The van der Waals surface area contributed by atoms with E-state index in [2.05, 4.69) is 0 Å². The molecular weight excluding hydrogens is 148 g/mol. The Bertz CT molecular complexity index is 251. The number of carboxylic acid groups (broad SMARTS) is 1. The monoisotopic (exact) mass is 154 g/mol. The number of hydrogen-bond donors (Lipinski definition) is 1. The average molecular weight is 154 g/mol. The summed E-state index contributed by atoms with van der Waals surface area (Å²) in [5.74, 6) is -2.29.